The number of halogens is 6. The number of rotatable bonds is 4. The number of piperazine rings is 1. The Hall–Kier alpha value is -4.56. The van der Waals surface area contributed by atoms with Crippen molar-refractivity contribution in [3.05, 3.63) is 90.6 Å². The first-order chi connectivity index (χ1) is 23.1. The van der Waals surface area contributed by atoms with Gasteiger partial charge in [-0.1, -0.05) is 43.6 Å². The van der Waals surface area contributed by atoms with Gasteiger partial charge >= 0.3 is 6.18 Å². The predicted molar refractivity (Wildman–Crippen MR) is 179 cm³/mol. The van der Waals surface area contributed by atoms with E-state index in [1.807, 2.05) is 0 Å². The molecule has 1 amide bonds. The van der Waals surface area contributed by atoms with Gasteiger partial charge in [0.05, 0.1) is 45.5 Å². The number of anilines is 2. The van der Waals surface area contributed by atoms with Crippen LogP contribution < -0.4 is 26.5 Å². The number of carbonyl (C=O) groups excluding carboxylic acids is 1. The number of amides is 1. The topological polar surface area (TPSA) is 116 Å². The van der Waals surface area contributed by atoms with Crippen LogP contribution in [0.5, 0.6) is 5.75 Å². The van der Waals surface area contributed by atoms with E-state index >= 15 is 17.6 Å². The van der Waals surface area contributed by atoms with Gasteiger partial charge < -0.3 is 20.3 Å². The predicted octanol–water partition coefficient (Wildman–Crippen LogP) is 6.00. The van der Waals surface area contributed by atoms with Gasteiger partial charge in [-0.3, -0.25) is 28.5 Å². The maximum Gasteiger partial charge on any atom is 0.431 e. The van der Waals surface area contributed by atoms with Gasteiger partial charge in [0.2, 0.25) is 11.7 Å². The minimum absolute atomic E-state index is 0.0138. The Morgan fingerprint density at radius 2 is 1.82 bits per heavy atom. The van der Waals surface area contributed by atoms with Gasteiger partial charge in [-0.2, -0.15) is 13.2 Å². The second-order valence-corrected chi connectivity index (χ2v) is 13.0. The minimum Gasteiger partial charge on any atom is -0.486 e. The molecule has 0 spiro atoms. The molecule has 2 aliphatic heterocycles. The van der Waals surface area contributed by atoms with Crippen LogP contribution in [-0.2, 0) is 11.0 Å². The fraction of sp³-hybridized carbons (Fsp3) is 0.333. The van der Waals surface area contributed by atoms with Gasteiger partial charge in [0.15, 0.2) is 5.82 Å². The number of nitrogens with zero attached hydrogens (tertiary/aromatic N) is 5. The quantitative estimate of drug-likeness (QED) is 0.119. The van der Waals surface area contributed by atoms with Gasteiger partial charge in [0.1, 0.15) is 16.9 Å². The number of carbonyl (C=O) groups is 1. The molecule has 49 heavy (non-hydrogen) atoms. The number of nitrogens with two attached hydrogens (primary N) is 1. The highest BCUT2D eigenvalue weighted by Gasteiger charge is 2.41. The van der Waals surface area contributed by atoms with Crippen molar-refractivity contribution in [2.75, 3.05) is 36.9 Å². The molecule has 1 saturated heterocycles. The van der Waals surface area contributed by atoms with E-state index < -0.39 is 61.8 Å². The van der Waals surface area contributed by atoms with Crippen molar-refractivity contribution < 1.29 is 27.1 Å². The lowest BCUT2D eigenvalue weighted by molar-refractivity contribution is -0.142. The van der Waals surface area contributed by atoms with Gasteiger partial charge in [0.25, 0.3) is 11.1 Å². The Morgan fingerprint density at radius 3 is 2.47 bits per heavy atom. The smallest absolute Gasteiger partial charge is 0.431 e. The number of ether oxygens (including phenoxy) is 1. The van der Waals surface area contributed by atoms with Crippen LogP contribution in [0.4, 0.5) is 28.9 Å². The van der Waals surface area contributed by atoms with Crippen molar-refractivity contribution in [2.45, 2.75) is 45.3 Å². The van der Waals surface area contributed by atoms with E-state index in [4.69, 9.17) is 33.7 Å². The van der Waals surface area contributed by atoms with Gasteiger partial charge in [-0.15, -0.1) is 0 Å². The van der Waals surface area contributed by atoms with Crippen LogP contribution in [0.15, 0.2) is 46.6 Å². The first-order valence-electron chi connectivity index (χ1n) is 15.2. The summed E-state index contributed by atoms with van der Waals surface area (Å²) in [5, 5.41) is -1.36. The molecule has 0 unspecified atom stereocenters. The number of nitrogen functional groups attached to an aromatic ring is 1. The molecule has 2 aliphatic rings. The highest BCUT2D eigenvalue weighted by atomic mass is 35.5. The SMILES string of the molecule is C=CC(=O)N1CCN2c3c(c(=O)n(-c4c(C)ccnc4C(C)C)c4c(=O)n(-c5c(N)c(Cl)cc(Cl)c5F)c(C(F)(F)F)cc34)OCC[C@H]2C1. The number of pyridine rings is 3. The normalized spacial score (nSPS) is 16.3. The fourth-order valence-corrected chi connectivity index (χ4v) is 7.06. The Morgan fingerprint density at radius 1 is 1.10 bits per heavy atom. The lowest BCUT2D eigenvalue weighted by Crippen LogP contribution is -2.54. The van der Waals surface area contributed by atoms with Crippen LogP contribution in [0.3, 0.4) is 0 Å². The van der Waals surface area contributed by atoms with Gasteiger partial charge in [0, 0.05) is 37.6 Å². The first-order valence-corrected chi connectivity index (χ1v) is 16.0. The monoisotopic (exact) mass is 720 g/mol. The summed E-state index contributed by atoms with van der Waals surface area (Å²) in [6, 6.07) is 2.68. The van der Waals surface area contributed by atoms with E-state index in [0.717, 1.165) is 10.6 Å². The molecule has 258 valence electrons. The molecule has 10 nitrogen and oxygen atoms in total. The average molecular weight is 722 g/mol. The largest absolute Gasteiger partial charge is 0.486 e. The molecule has 0 radical (unpaired) electrons. The van der Waals surface area contributed by atoms with E-state index in [1.165, 1.54) is 12.3 Å². The molecule has 0 bridgehead atoms. The van der Waals surface area contributed by atoms with Crippen molar-refractivity contribution in [3.63, 3.8) is 0 Å². The van der Waals surface area contributed by atoms with Gasteiger partial charge in [-0.25, -0.2) is 4.39 Å². The second-order valence-electron chi connectivity index (χ2n) is 12.2. The first kappa shape index (κ1) is 34.3. The summed E-state index contributed by atoms with van der Waals surface area (Å²) >= 11 is 12.2. The van der Waals surface area contributed by atoms with E-state index in [1.54, 1.807) is 36.6 Å². The van der Waals surface area contributed by atoms with E-state index in [9.17, 15) is 14.4 Å². The zero-order valence-corrected chi connectivity index (χ0v) is 28.0. The van der Waals surface area contributed by atoms with Crippen molar-refractivity contribution >= 4 is 51.4 Å². The minimum atomic E-state index is -5.26. The zero-order valence-electron chi connectivity index (χ0n) is 26.5. The summed E-state index contributed by atoms with van der Waals surface area (Å²) in [5.74, 6) is -2.35. The van der Waals surface area contributed by atoms with Crippen LogP contribution in [0.1, 0.15) is 43.1 Å². The summed E-state index contributed by atoms with van der Waals surface area (Å²) < 4.78 is 68.1. The Labute approximate surface area is 286 Å². The number of benzene rings is 1. The van der Waals surface area contributed by atoms with Crippen molar-refractivity contribution in [1.29, 1.82) is 0 Å². The molecular weight excluding hydrogens is 691 g/mol. The average Bonchev–Trinajstić information content (AvgIpc) is 3.24. The zero-order chi connectivity index (χ0) is 35.7. The van der Waals surface area contributed by atoms with E-state index in [-0.39, 0.29) is 65.1 Å². The molecule has 5 heterocycles. The van der Waals surface area contributed by atoms with E-state index in [2.05, 4.69) is 11.6 Å². The molecule has 0 aliphatic carbocycles. The third kappa shape index (κ3) is 5.50. The summed E-state index contributed by atoms with van der Waals surface area (Å²) in [7, 11) is 0. The number of fused-ring (bicyclic) bond motifs is 5. The number of hydrogen-bond donors (Lipinski definition) is 1. The van der Waals surface area contributed by atoms with Crippen LogP contribution >= 0.6 is 23.2 Å². The van der Waals surface area contributed by atoms with Crippen LogP contribution in [0.2, 0.25) is 10.0 Å². The second kappa shape index (κ2) is 12.4. The molecule has 1 aromatic carbocycles. The summed E-state index contributed by atoms with van der Waals surface area (Å²) in [6.45, 7) is 9.19. The molecule has 6 rings (SSSR count). The molecule has 1 atom stereocenters. The van der Waals surface area contributed by atoms with Crippen molar-refractivity contribution in [3.8, 4) is 17.1 Å². The molecule has 1 fully saturated rings. The summed E-state index contributed by atoms with van der Waals surface area (Å²) in [4.78, 5) is 49.7. The maximum absolute atomic E-state index is 15.7. The Kier molecular flexibility index (Phi) is 8.68. The summed E-state index contributed by atoms with van der Waals surface area (Å²) in [6.07, 6.45) is -2.29. The van der Waals surface area contributed by atoms with Crippen LogP contribution in [-0.4, -0.2) is 57.2 Å². The van der Waals surface area contributed by atoms with E-state index in [0.29, 0.717) is 23.7 Å². The molecular formula is C33H30Cl2F4N6O4. The molecule has 2 N–H and O–H groups in total. The van der Waals surface area contributed by atoms with Crippen LogP contribution in [0.25, 0.3) is 22.3 Å². The van der Waals surface area contributed by atoms with Crippen LogP contribution in [0, 0.1) is 12.7 Å². The molecule has 0 saturated carbocycles. The maximum atomic E-state index is 15.7. The highest BCUT2D eigenvalue weighted by molar-refractivity contribution is 6.37. The third-order valence-electron chi connectivity index (χ3n) is 8.85. The standard InChI is InChI=1S/C33H30Cl2F4N6O4/c1-5-22(46)42-9-10-43-17(14-42)7-11-49-30-27(43)18-12-21(33(37,38)39)44(29-23(36)19(34)13-20(35)24(29)40)31(47)28(18)45(32(30)48)26-16(4)6-8-41-25(26)15(2)3/h5-6,8,12-13,15,17H,1,7,9-11,14,40H2,2-4H3/t17-/m0/s1. The molecule has 3 aromatic heterocycles. The number of aryl methyl sites for hydroxylation is 1. The third-order valence-corrected chi connectivity index (χ3v) is 9.44. The van der Waals surface area contributed by atoms with Crippen molar-refractivity contribution in [1.82, 2.24) is 19.0 Å². The Balaban J connectivity index is 1.85. The lowest BCUT2D eigenvalue weighted by Gasteiger charge is -2.42. The highest BCUT2D eigenvalue weighted by Crippen LogP contribution is 2.43. The lowest BCUT2D eigenvalue weighted by atomic mass is 10.0. The molecule has 16 heteroatoms. The summed E-state index contributed by atoms with van der Waals surface area (Å²) in [5.41, 5.74) is 0.911. The van der Waals surface area contributed by atoms with Gasteiger partial charge in [-0.05, 0) is 42.7 Å². The number of alkyl halides is 3. The van der Waals surface area contributed by atoms with Crippen molar-refractivity contribution in [2.24, 2.45) is 0 Å². The number of hydrogen-bond acceptors (Lipinski definition) is 7. The fourth-order valence-electron chi connectivity index (χ4n) is 6.61. The molecule has 4 aromatic rings. The Bertz CT molecular complexity index is 2160. The number of aromatic nitrogens is 3.